The predicted octanol–water partition coefficient (Wildman–Crippen LogP) is 2.53. The van der Waals surface area contributed by atoms with Gasteiger partial charge in [0.1, 0.15) is 0 Å². The van der Waals surface area contributed by atoms with Crippen molar-refractivity contribution in [2.24, 2.45) is 0 Å². The molecule has 2 heterocycles. The van der Waals surface area contributed by atoms with Crippen LogP contribution in [0.3, 0.4) is 0 Å². The molecular weight excluding hydrogens is 257 g/mol. The second-order valence-corrected chi connectivity index (χ2v) is 7.01. The molecule has 18 heavy (non-hydrogen) atoms. The first kappa shape index (κ1) is 12.0. The molecule has 0 saturated carbocycles. The Kier molecular flexibility index (Phi) is 2.84. The van der Waals surface area contributed by atoms with E-state index in [4.69, 9.17) is 18.1 Å². The quantitative estimate of drug-likeness (QED) is 0.837. The predicted molar refractivity (Wildman–Crippen MR) is 66.2 cm³/mol. The Morgan fingerprint density at radius 2 is 1.44 bits per heavy atom. The number of nitrogens with one attached hydrogen (secondary N) is 1. The van der Waals surface area contributed by atoms with Gasteiger partial charge in [-0.2, -0.15) is 0 Å². The molecule has 2 fully saturated rings. The van der Waals surface area contributed by atoms with Crippen LogP contribution in [-0.4, -0.2) is 32.1 Å². The molecule has 1 amide bonds. The van der Waals surface area contributed by atoms with E-state index < -0.39 is 13.2 Å². The van der Waals surface area contributed by atoms with E-state index in [0.717, 1.165) is 0 Å². The third-order valence-corrected chi connectivity index (χ3v) is 6.07. The van der Waals surface area contributed by atoms with Gasteiger partial charge in [0.2, 0.25) is 0 Å². The number of amides is 1. The number of hydrogen-bond acceptors (Lipinski definition) is 5. The number of rotatable bonds is 2. The van der Waals surface area contributed by atoms with Gasteiger partial charge in [0, 0.05) is 0 Å². The molecule has 1 spiro atoms. The van der Waals surface area contributed by atoms with Gasteiger partial charge in [0.25, 0.3) is 0 Å². The average molecular weight is 271 g/mol. The number of carbonyl (C=O) groups excluding carboxylic acids is 1. The van der Waals surface area contributed by atoms with Gasteiger partial charge in [-0.05, 0) is 0 Å². The van der Waals surface area contributed by atoms with Crippen molar-refractivity contribution in [3.63, 3.8) is 0 Å². The van der Waals surface area contributed by atoms with Crippen LogP contribution in [0.25, 0.3) is 0 Å². The standard InChI is InChI=1S/C11H14NO5P/c13-11(12-10-4-2-1-3-5-10)18(14-6-7-15-18)16-8-9-17-18/h1-5H,6-9H2,(H,12,13). The first-order chi connectivity index (χ1) is 8.73. The van der Waals surface area contributed by atoms with Crippen LogP contribution in [0.1, 0.15) is 0 Å². The van der Waals surface area contributed by atoms with Crippen molar-refractivity contribution in [1.82, 2.24) is 0 Å². The summed E-state index contributed by atoms with van der Waals surface area (Å²) in [5.74, 6) is 0. The van der Waals surface area contributed by atoms with E-state index in [1.807, 2.05) is 18.2 Å². The summed E-state index contributed by atoms with van der Waals surface area (Å²) >= 11 is 0. The van der Waals surface area contributed by atoms with E-state index >= 15 is 0 Å². The molecule has 2 aliphatic heterocycles. The number of para-hydroxylation sites is 1. The summed E-state index contributed by atoms with van der Waals surface area (Å²) in [6, 6.07) is 9.07. The molecule has 2 saturated heterocycles. The van der Waals surface area contributed by atoms with E-state index in [-0.39, 0.29) is 0 Å². The van der Waals surface area contributed by atoms with Crippen LogP contribution in [0.15, 0.2) is 30.3 Å². The molecule has 0 bridgehead atoms. The van der Waals surface area contributed by atoms with Crippen molar-refractivity contribution in [3.05, 3.63) is 30.3 Å². The average Bonchev–Trinajstić information content (AvgIpc) is 3.02. The molecule has 1 N–H and O–H groups in total. The van der Waals surface area contributed by atoms with Crippen molar-refractivity contribution in [1.29, 1.82) is 0 Å². The Morgan fingerprint density at radius 1 is 0.944 bits per heavy atom. The summed E-state index contributed by atoms with van der Waals surface area (Å²) in [6.45, 7) is 1.22. The molecule has 0 atom stereocenters. The number of carbonyl (C=O) groups is 1. The Labute approximate surface area is 104 Å². The summed E-state index contributed by atoms with van der Waals surface area (Å²) in [4.78, 5) is 12.4. The molecular formula is C11H14NO5P. The van der Waals surface area contributed by atoms with Gasteiger partial charge < -0.3 is 0 Å². The van der Waals surface area contributed by atoms with Crippen molar-refractivity contribution >= 4 is 18.8 Å². The Bertz CT molecular complexity index is 430. The minimum absolute atomic E-state index is 0.306. The van der Waals surface area contributed by atoms with E-state index in [9.17, 15) is 4.79 Å². The maximum absolute atomic E-state index is 12.4. The molecule has 1 aromatic carbocycles. The van der Waals surface area contributed by atoms with Gasteiger partial charge in [-0.1, -0.05) is 0 Å². The summed E-state index contributed by atoms with van der Waals surface area (Å²) in [5, 5.41) is 2.73. The van der Waals surface area contributed by atoms with Crippen LogP contribution in [0.5, 0.6) is 0 Å². The van der Waals surface area contributed by atoms with Crippen LogP contribution in [0.4, 0.5) is 10.5 Å². The zero-order valence-electron chi connectivity index (χ0n) is 9.70. The molecule has 1 aromatic rings. The molecule has 7 heteroatoms. The first-order valence-electron chi connectivity index (χ1n) is 5.72. The Balaban J connectivity index is 1.86. The molecule has 98 valence electrons. The second-order valence-electron chi connectivity index (χ2n) is 3.94. The van der Waals surface area contributed by atoms with E-state index in [0.29, 0.717) is 32.1 Å². The third-order valence-electron chi connectivity index (χ3n) is 2.78. The fraction of sp³-hybridized carbons (Fsp3) is 0.364. The summed E-state index contributed by atoms with van der Waals surface area (Å²) in [7, 11) is -4.03. The number of anilines is 1. The Hall–Kier alpha value is -1.04. The zero-order chi connectivity index (χ0) is 12.5. The van der Waals surface area contributed by atoms with Crippen LogP contribution < -0.4 is 5.32 Å². The number of benzene rings is 1. The topological polar surface area (TPSA) is 66.0 Å². The molecule has 0 aromatic heterocycles. The van der Waals surface area contributed by atoms with Crippen LogP contribution in [0, 0.1) is 0 Å². The molecule has 0 radical (unpaired) electrons. The van der Waals surface area contributed by atoms with Crippen LogP contribution in [-0.2, 0) is 18.1 Å². The van der Waals surface area contributed by atoms with Crippen molar-refractivity contribution in [2.75, 3.05) is 31.7 Å². The minimum atomic E-state index is -4.03. The van der Waals surface area contributed by atoms with Crippen molar-refractivity contribution < 1.29 is 22.9 Å². The second kappa shape index (κ2) is 4.26. The van der Waals surface area contributed by atoms with Gasteiger partial charge in [0.15, 0.2) is 0 Å². The first-order valence-corrected chi connectivity index (χ1v) is 7.63. The third kappa shape index (κ3) is 1.74. The fourth-order valence-corrected chi connectivity index (χ4v) is 4.76. The van der Waals surface area contributed by atoms with Gasteiger partial charge in [-0.25, -0.2) is 0 Å². The summed E-state index contributed by atoms with van der Waals surface area (Å²) < 4.78 is 21.9. The normalized spacial score (nSPS) is 26.6. The van der Waals surface area contributed by atoms with Crippen LogP contribution in [0.2, 0.25) is 0 Å². The van der Waals surface area contributed by atoms with E-state index in [2.05, 4.69) is 5.32 Å². The summed E-state index contributed by atoms with van der Waals surface area (Å²) in [6.07, 6.45) is 0. The molecule has 3 rings (SSSR count). The SMILES string of the molecule is O=C(Nc1ccccc1)P12(OCCO1)OCCO2. The summed E-state index contributed by atoms with van der Waals surface area (Å²) in [5.41, 5.74) is 0.182. The van der Waals surface area contributed by atoms with Gasteiger partial charge >= 0.3 is 104 Å². The molecule has 0 aliphatic carbocycles. The molecule has 0 unspecified atom stereocenters. The van der Waals surface area contributed by atoms with E-state index in [1.165, 1.54) is 0 Å². The van der Waals surface area contributed by atoms with Gasteiger partial charge in [-0.15, -0.1) is 0 Å². The molecule has 6 nitrogen and oxygen atoms in total. The van der Waals surface area contributed by atoms with Gasteiger partial charge in [0.05, 0.1) is 0 Å². The zero-order valence-corrected chi connectivity index (χ0v) is 10.6. The fourth-order valence-electron chi connectivity index (χ4n) is 1.97. The van der Waals surface area contributed by atoms with Gasteiger partial charge in [-0.3, -0.25) is 0 Å². The van der Waals surface area contributed by atoms with Crippen molar-refractivity contribution in [2.45, 2.75) is 0 Å². The number of hydrogen-bond donors (Lipinski definition) is 1. The van der Waals surface area contributed by atoms with E-state index in [1.54, 1.807) is 12.1 Å². The monoisotopic (exact) mass is 271 g/mol. The van der Waals surface area contributed by atoms with Crippen LogP contribution >= 0.6 is 7.51 Å². The maximum atomic E-state index is 12.4. The molecule has 2 aliphatic rings. The van der Waals surface area contributed by atoms with Crippen molar-refractivity contribution in [3.8, 4) is 0 Å². The Morgan fingerprint density at radius 3 is 1.94 bits per heavy atom.